The molecule has 8 N–H and O–H groups in total. The SMILES string of the molecule is NC(CS)C(=O)NC(Cc1ccc(O)cc1)C(=O)NCC(=O)NC(Cc1ccc(O)cc1)C(=O)O. The summed E-state index contributed by atoms with van der Waals surface area (Å²) < 4.78 is 0. The van der Waals surface area contributed by atoms with Gasteiger partial charge in [-0.2, -0.15) is 12.6 Å². The Hall–Kier alpha value is -3.77. The smallest absolute Gasteiger partial charge is 0.326 e. The fraction of sp³-hybridized carbons (Fsp3) is 0.304. The standard InChI is InChI=1S/C23H28N4O7S/c24-17(12-35)21(31)27-18(9-13-1-5-15(28)6-2-13)22(32)25-11-20(30)26-19(23(33)34)10-14-3-7-16(29)8-4-14/h1-8,17-19,28-29,35H,9-12,24H2,(H,25,32)(H,26,30)(H,27,31)(H,33,34). The minimum absolute atomic E-state index is 0.0247. The predicted molar refractivity (Wildman–Crippen MR) is 130 cm³/mol. The third kappa shape index (κ3) is 9.18. The molecule has 0 fully saturated rings. The number of amides is 3. The van der Waals surface area contributed by atoms with Crippen molar-refractivity contribution in [1.82, 2.24) is 16.0 Å². The Morgan fingerprint density at radius 2 is 1.29 bits per heavy atom. The number of aromatic hydroxyl groups is 2. The lowest BCUT2D eigenvalue weighted by Crippen LogP contribution is -2.54. The monoisotopic (exact) mass is 504 g/mol. The van der Waals surface area contributed by atoms with Crippen molar-refractivity contribution in [3.8, 4) is 11.5 Å². The van der Waals surface area contributed by atoms with Crippen molar-refractivity contribution in [2.24, 2.45) is 5.73 Å². The number of nitrogens with two attached hydrogens (primary N) is 1. The molecular weight excluding hydrogens is 476 g/mol. The molecule has 35 heavy (non-hydrogen) atoms. The lowest BCUT2D eigenvalue weighted by atomic mass is 10.0. The molecular formula is C23H28N4O7S. The van der Waals surface area contributed by atoms with E-state index in [2.05, 4.69) is 28.6 Å². The summed E-state index contributed by atoms with van der Waals surface area (Å²) in [6.45, 7) is -0.529. The van der Waals surface area contributed by atoms with Crippen molar-refractivity contribution in [2.45, 2.75) is 31.0 Å². The molecule has 188 valence electrons. The number of phenolic OH excluding ortho intramolecular Hbond substituents is 2. The fourth-order valence-corrected chi connectivity index (χ4v) is 3.21. The first-order valence-corrected chi connectivity index (χ1v) is 11.2. The molecule has 0 bridgehead atoms. The van der Waals surface area contributed by atoms with E-state index in [0.717, 1.165) is 0 Å². The number of carbonyl (C=O) groups is 4. The summed E-state index contributed by atoms with van der Waals surface area (Å²) in [5, 5.41) is 35.5. The topological polar surface area (TPSA) is 191 Å². The van der Waals surface area contributed by atoms with Gasteiger partial charge < -0.3 is 37.0 Å². The predicted octanol–water partition coefficient (Wildman–Crippen LogP) is -0.689. The first-order chi connectivity index (χ1) is 16.6. The Kier molecular flexibility index (Phi) is 10.4. The van der Waals surface area contributed by atoms with E-state index in [1.54, 1.807) is 12.1 Å². The van der Waals surface area contributed by atoms with Crippen LogP contribution in [0.25, 0.3) is 0 Å². The van der Waals surface area contributed by atoms with Gasteiger partial charge in [-0.05, 0) is 35.4 Å². The van der Waals surface area contributed by atoms with Crippen LogP contribution in [0, 0.1) is 0 Å². The van der Waals surface area contributed by atoms with Crippen LogP contribution in [0.4, 0.5) is 0 Å². The zero-order valence-corrected chi connectivity index (χ0v) is 19.6. The number of rotatable bonds is 12. The summed E-state index contributed by atoms with van der Waals surface area (Å²) >= 11 is 3.97. The molecule has 2 aromatic rings. The molecule has 2 rings (SSSR count). The number of nitrogens with one attached hydrogen (secondary N) is 3. The molecule has 0 heterocycles. The molecule has 0 aliphatic heterocycles. The van der Waals surface area contributed by atoms with Gasteiger partial charge in [-0.25, -0.2) is 4.79 Å². The Labute approximate surface area is 207 Å². The number of thiol groups is 1. The van der Waals surface area contributed by atoms with Crippen molar-refractivity contribution in [1.29, 1.82) is 0 Å². The van der Waals surface area contributed by atoms with Crippen molar-refractivity contribution in [3.63, 3.8) is 0 Å². The van der Waals surface area contributed by atoms with E-state index in [-0.39, 0.29) is 30.1 Å². The lowest BCUT2D eigenvalue weighted by Gasteiger charge is -2.21. The average molecular weight is 505 g/mol. The number of hydrogen-bond donors (Lipinski definition) is 8. The van der Waals surface area contributed by atoms with Gasteiger partial charge in [0.25, 0.3) is 0 Å². The molecule has 0 aromatic heterocycles. The van der Waals surface area contributed by atoms with E-state index in [4.69, 9.17) is 5.73 Å². The van der Waals surface area contributed by atoms with E-state index in [9.17, 15) is 34.5 Å². The summed E-state index contributed by atoms with van der Waals surface area (Å²) in [6.07, 6.45) is 0.0216. The van der Waals surface area contributed by atoms with Gasteiger partial charge in [0, 0.05) is 18.6 Å². The van der Waals surface area contributed by atoms with Crippen molar-refractivity contribution in [3.05, 3.63) is 59.7 Å². The third-order valence-electron chi connectivity index (χ3n) is 4.98. The second kappa shape index (κ2) is 13.2. The molecule has 0 spiro atoms. The minimum atomic E-state index is -1.27. The van der Waals surface area contributed by atoms with E-state index in [1.165, 1.54) is 36.4 Å². The molecule has 0 aliphatic carbocycles. The Balaban J connectivity index is 2.00. The van der Waals surface area contributed by atoms with Crippen LogP contribution in [-0.2, 0) is 32.0 Å². The summed E-state index contributed by atoms with van der Waals surface area (Å²) in [5.74, 6) is -3.19. The molecule has 0 saturated carbocycles. The molecule has 0 saturated heterocycles. The highest BCUT2D eigenvalue weighted by molar-refractivity contribution is 7.80. The second-order valence-electron chi connectivity index (χ2n) is 7.77. The minimum Gasteiger partial charge on any atom is -0.508 e. The van der Waals surface area contributed by atoms with Gasteiger partial charge in [-0.3, -0.25) is 14.4 Å². The average Bonchev–Trinajstić information content (AvgIpc) is 2.83. The number of aliphatic carboxylic acids is 1. The molecule has 3 amide bonds. The van der Waals surface area contributed by atoms with Crippen LogP contribution in [0.3, 0.4) is 0 Å². The Morgan fingerprint density at radius 1 is 0.800 bits per heavy atom. The molecule has 0 aliphatic rings. The van der Waals surface area contributed by atoms with Crippen LogP contribution >= 0.6 is 12.6 Å². The van der Waals surface area contributed by atoms with E-state index < -0.39 is 48.4 Å². The van der Waals surface area contributed by atoms with Gasteiger partial charge >= 0.3 is 5.97 Å². The Bertz CT molecular complexity index is 1030. The fourth-order valence-electron chi connectivity index (χ4n) is 3.04. The van der Waals surface area contributed by atoms with Crippen LogP contribution < -0.4 is 21.7 Å². The molecule has 12 heteroatoms. The maximum atomic E-state index is 12.8. The normalized spacial score (nSPS) is 13.2. The highest BCUT2D eigenvalue weighted by atomic mass is 32.1. The second-order valence-corrected chi connectivity index (χ2v) is 8.13. The molecule has 11 nitrogen and oxygen atoms in total. The first-order valence-electron chi connectivity index (χ1n) is 10.6. The number of hydrogen-bond acceptors (Lipinski definition) is 8. The molecule has 3 atom stereocenters. The van der Waals surface area contributed by atoms with Crippen LogP contribution in [0.1, 0.15) is 11.1 Å². The summed E-state index contributed by atoms with van der Waals surface area (Å²) in [6, 6.07) is 8.59. The van der Waals surface area contributed by atoms with Crippen molar-refractivity contribution in [2.75, 3.05) is 12.3 Å². The van der Waals surface area contributed by atoms with Gasteiger partial charge in [0.1, 0.15) is 23.6 Å². The highest BCUT2D eigenvalue weighted by Crippen LogP contribution is 2.12. The van der Waals surface area contributed by atoms with Crippen LogP contribution in [-0.4, -0.2) is 69.4 Å². The molecule has 0 radical (unpaired) electrons. The maximum absolute atomic E-state index is 12.8. The largest absolute Gasteiger partial charge is 0.508 e. The zero-order valence-electron chi connectivity index (χ0n) is 18.7. The highest BCUT2D eigenvalue weighted by Gasteiger charge is 2.25. The molecule has 3 unspecified atom stereocenters. The number of phenols is 2. The number of carboxylic acids is 1. The summed E-state index contributed by atoms with van der Waals surface area (Å²) in [7, 11) is 0. The van der Waals surface area contributed by atoms with Crippen molar-refractivity contribution >= 4 is 36.3 Å². The summed E-state index contributed by atoms with van der Waals surface area (Å²) in [4.78, 5) is 48.9. The quantitative estimate of drug-likeness (QED) is 0.174. The maximum Gasteiger partial charge on any atom is 0.326 e. The number of carbonyl (C=O) groups excluding carboxylic acids is 3. The Morgan fingerprint density at radius 3 is 1.74 bits per heavy atom. The van der Waals surface area contributed by atoms with Crippen LogP contribution in [0.2, 0.25) is 0 Å². The number of benzene rings is 2. The van der Waals surface area contributed by atoms with Gasteiger partial charge in [-0.1, -0.05) is 24.3 Å². The van der Waals surface area contributed by atoms with E-state index in [1.807, 2.05) is 0 Å². The van der Waals surface area contributed by atoms with Crippen LogP contribution in [0.15, 0.2) is 48.5 Å². The molecule has 2 aromatic carbocycles. The van der Waals surface area contributed by atoms with E-state index >= 15 is 0 Å². The van der Waals surface area contributed by atoms with Gasteiger partial charge in [-0.15, -0.1) is 0 Å². The lowest BCUT2D eigenvalue weighted by molar-refractivity contribution is -0.141. The van der Waals surface area contributed by atoms with Crippen molar-refractivity contribution < 1.29 is 34.5 Å². The van der Waals surface area contributed by atoms with Crippen LogP contribution in [0.5, 0.6) is 11.5 Å². The summed E-state index contributed by atoms with van der Waals surface area (Å²) in [5.41, 5.74) is 6.88. The van der Waals surface area contributed by atoms with Gasteiger partial charge in [0.2, 0.25) is 17.7 Å². The van der Waals surface area contributed by atoms with Gasteiger partial charge in [0.15, 0.2) is 0 Å². The third-order valence-corrected chi connectivity index (χ3v) is 5.37. The first kappa shape index (κ1) is 27.5. The number of carboxylic acid groups (broad SMARTS) is 1. The zero-order chi connectivity index (χ0) is 26.0. The van der Waals surface area contributed by atoms with Gasteiger partial charge in [0.05, 0.1) is 12.6 Å². The van der Waals surface area contributed by atoms with E-state index in [0.29, 0.717) is 11.1 Å².